The molecule has 2 bridgehead atoms. The molecule has 78 valence electrons. The van der Waals surface area contributed by atoms with E-state index in [-0.39, 0.29) is 0 Å². The number of carbonyl (C=O) groups excluding carboxylic acids is 1. The lowest BCUT2D eigenvalue weighted by molar-refractivity contribution is -0.353. The molecule has 0 aromatic carbocycles. The highest BCUT2D eigenvalue weighted by atomic mass is 31.2. The van der Waals surface area contributed by atoms with E-state index in [1.165, 1.54) is 0 Å². The fourth-order valence-corrected chi connectivity index (χ4v) is 1.70. The van der Waals surface area contributed by atoms with E-state index in [1.807, 2.05) is 0 Å². The Morgan fingerprint density at radius 3 is 2.79 bits per heavy atom. The van der Waals surface area contributed by atoms with Crippen LogP contribution in [0.3, 0.4) is 0 Å². The van der Waals surface area contributed by atoms with Gasteiger partial charge in [-0.1, -0.05) is 0 Å². The van der Waals surface area contributed by atoms with Crippen molar-refractivity contribution in [3.8, 4) is 0 Å². The number of urea groups is 1. The fraction of sp³-hybridized carbons (Fsp3) is 0.333. The van der Waals surface area contributed by atoms with E-state index in [0.717, 1.165) is 0 Å². The Kier molecular flexibility index (Phi) is 1.94. The highest BCUT2D eigenvalue weighted by molar-refractivity contribution is 7.49. The molecule has 2 amide bonds. The third kappa shape index (κ3) is 1.25. The maximum absolute atomic E-state index is 11.1. The summed E-state index contributed by atoms with van der Waals surface area (Å²) in [4.78, 5) is 14.4. The number of phosphoric acid groups is 1. The van der Waals surface area contributed by atoms with Crippen molar-refractivity contribution in [3.05, 3.63) is 0 Å². The predicted molar refractivity (Wildman–Crippen MR) is 38.6 cm³/mol. The molecule has 10 nitrogen and oxygen atoms in total. The first kappa shape index (κ1) is 9.37. The average Bonchev–Trinajstić information content (AvgIpc) is 2.07. The number of aliphatic hydroxyl groups excluding tert-OH is 1. The number of hydrogen-bond donors (Lipinski definition) is 2. The van der Waals surface area contributed by atoms with Crippen molar-refractivity contribution in [1.82, 2.24) is 10.3 Å². The van der Waals surface area contributed by atoms with E-state index in [0.29, 0.717) is 10.3 Å². The van der Waals surface area contributed by atoms with Crippen molar-refractivity contribution in [1.29, 1.82) is 0 Å². The number of nitrogens with zero attached hydrogens (tertiary/aromatic N) is 3. The van der Waals surface area contributed by atoms with Gasteiger partial charge in [-0.15, -0.1) is 14.3 Å². The monoisotopic (exact) mass is 224 g/mol. The van der Waals surface area contributed by atoms with E-state index < -0.39 is 26.5 Å². The number of amides is 2. The normalized spacial score (nSPS) is 24.9. The maximum atomic E-state index is 11.1. The van der Waals surface area contributed by atoms with Crippen molar-refractivity contribution in [2.75, 3.05) is 6.73 Å². The number of hydroxylamine groups is 4. The number of nitrogens with two attached hydrogens (primary N) is 1. The van der Waals surface area contributed by atoms with E-state index >= 15 is 0 Å². The first-order valence-electron chi connectivity index (χ1n) is 3.30. The Bertz CT molecular complexity index is 345. The predicted octanol–water partition coefficient (Wildman–Crippen LogP) is -1.10. The largest absolute Gasteiger partial charge is 0.544 e. The van der Waals surface area contributed by atoms with Crippen molar-refractivity contribution < 1.29 is 28.3 Å². The van der Waals surface area contributed by atoms with Crippen LogP contribution in [0.2, 0.25) is 0 Å². The molecule has 0 aromatic heterocycles. The molecule has 11 heteroatoms. The summed E-state index contributed by atoms with van der Waals surface area (Å²) in [5.74, 6) is -0.450. The molecule has 3 fully saturated rings. The number of carbonyl (C=O) groups is 1. The summed E-state index contributed by atoms with van der Waals surface area (Å²) in [6, 6.07) is -0.947. The smallest absolute Gasteiger partial charge is 0.374 e. The average molecular weight is 224 g/mol. The lowest BCUT2D eigenvalue weighted by Gasteiger charge is -2.41. The lowest BCUT2D eigenvalue weighted by Crippen LogP contribution is -2.57. The second-order valence-corrected chi connectivity index (χ2v) is 3.57. The van der Waals surface area contributed by atoms with Crippen LogP contribution in [0.25, 0.3) is 0 Å². The molecule has 0 aliphatic carbocycles. The molecule has 3 N–H and O–H groups in total. The highest BCUT2D eigenvalue weighted by Gasteiger charge is 2.59. The minimum absolute atomic E-state index is 0.337. The van der Waals surface area contributed by atoms with Gasteiger partial charge in [-0.3, -0.25) is 0 Å². The Balaban J connectivity index is 2.17. The highest BCUT2D eigenvalue weighted by Crippen LogP contribution is 2.63. The number of aliphatic hydroxyl groups is 1. The number of hydrogen-bond acceptors (Lipinski definition) is 7. The molecule has 0 spiro atoms. The third-order valence-corrected chi connectivity index (χ3v) is 2.36. The van der Waals surface area contributed by atoms with Crippen LogP contribution in [0.1, 0.15) is 0 Å². The molecule has 3 heterocycles. The van der Waals surface area contributed by atoms with Crippen LogP contribution in [0.5, 0.6) is 0 Å². The molecule has 3 rings (SSSR count). The van der Waals surface area contributed by atoms with Crippen molar-refractivity contribution >= 4 is 19.8 Å². The summed E-state index contributed by atoms with van der Waals surface area (Å²) in [6.07, 6.45) is 0. The standard InChI is InChI=1S/C3H5N4O6P/c4-2(5-1-8)6-3(9)7-12-14(10,11-6)13-7/h8H,1H2,(H2,4,5). The zero-order valence-corrected chi connectivity index (χ0v) is 7.46. The summed E-state index contributed by atoms with van der Waals surface area (Å²) in [7, 11) is -3.73. The molecule has 14 heavy (non-hydrogen) atoms. The van der Waals surface area contributed by atoms with Gasteiger partial charge in [0.15, 0.2) is 0 Å². The summed E-state index contributed by atoms with van der Waals surface area (Å²) in [5.41, 5.74) is 5.20. The first-order chi connectivity index (χ1) is 6.56. The Morgan fingerprint density at radius 2 is 2.21 bits per heavy atom. The molecule has 3 aliphatic rings. The summed E-state index contributed by atoms with van der Waals surface area (Å²) in [6.45, 7) is -0.634. The SMILES string of the molecule is N/C(=N\CO)N1OP2(=O)ON(O2)C1=O. The molecule has 3 aliphatic heterocycles. The van der Waals surface area contributed by atoms with Crippen molar-refractivity contribution in [3.63, 3.8) is 0 Å². The topological polar surface area (TPSA) is 127 Å². The van der Waals surface area contributed by atoms with Crippen molar-refractivity contribution in [2.45, 2.75) is 0 Å². The summed E-state index contributed by atoms with van der Waals surface area (Å²) in [5, 5.41) is 9.13. The Labute approximate surface area is 76.9 Å². The van der Waals surface area contributed by atoms with Gasteiger partial charge >= 0.3 is 13.9 Å². The molecule has 0 radical (unpaired) electrons. The van der Waals surface area contributed by atoms with Crippen LogP contribution in [-0.2, 0) is 18.4 Å². The van der Waals surface area contributed by atoms with Crippen LogP contribution in [-0.4, -0.2) is 34.1 Å². The minimum atomic E-state index is -3.73. The molecular formula is C3H5N4O6P. The first-order valence-corrected chi connectivity index (χ1v) is 4.76. The zero-order chi connectivity index (χ0) is 10.3. The molecule has 0 saturated carbocycles. The lowest BCUT2D eigenvalue weighted by atomic mass is 10.8. The molecule has 3 saturated heterocycles. The van der Waals surface area contributed by atoms with Gasteiger partial charge in [0.05, 0.1) is 0 Å². The van der Waals surface area contributed by atoms with Crippen LogP contribution >= 0.6 is 7.82 Å². The Hall–Kier alpha value is -1.19. The van der Waals surface area contributed by atoms with E-state index in [2.05, 4.69) is 18.9 Å². The number of fused-ring (bicyclic) bond motifs is 2. The fourth-order valence-electron chi connectivity index (χ4n) is 0.773. The van der Waals surface area contributed by atoms with Gasteiger partial charge in [-0.05, 0) is 5.23 Å². The zero-order valence-electron chi connectivity index (χ0n) is 6.56. The van der Waals surface area contributed by atoms with Gasteiger partial charge in [0.2, 0.25) is 5.96 Å². The Morgan fingerprint density at radius 1 is 1.57 bits per heavy atom. The molecular weight excluding hydrogens is 219 g/mol. The maximum Gasteiger partial charge on any atom is 0.544 e. The third-order valence-electron chi connectivity index (χ3n) is 1.30. The van der Waals surface area contributed by atoms with E-state index in [9.17, 15) is 9.36 Å². The number of guanidine groups is 1. The minimum Gasteiger partial charge on any atom is -0.374 e. The molecule has 0 unspecified atom stereocenters. The van der Waals surface area contributed by atoms with Gasteiger partial charge in [0, 0.05) is 0 Å². The van der Waals surface area contributed by atoms with E-state index in [4.69, 9.17) is 10.8 Å². The quantitative estimate of drug-likeness (QED) is 0.329. The van der Waals surface area contributed by atoms with Gasteiger partial charge in [0.25, 0.3) is 0 Å². The number of aliphatic imine (C=N–C) groups is 1. The van der Waals surface area contributed by atoms with Gasteiger partial charge < -0.3 is 10.8 Å². The van der Waals surface area contributed by atoms with Crippen LogP contribution in [0, 0.1) is 0 Å². The summed E-state index contributed by atoms with van der Waals surface area (Å²) < 4.78 is 24.2. The second kappa shape index (κ2) is 2.90. The van der Waals surface area contributed by atoms with Crippen LogP contribution in [0.15, 0.2) is 4.99 Å². The second-order valence-electron chi connectivity index (χ2n) is 2.18. The molecule has 0 aromatic rings. The van der Waals surface area contributed by atoms with Crippen LogP contribution < -0.4 is 5.73 Å². The summed E-state index contributed by atoms with van der Waals surface area (Å²) >= 11 is 0. The van der Waals surface area contributed by atoms with E-state index in [1.54, 1.807) is 0 Å². The van der Waals surface area contributed by atoms with Crippen molar-refractivity contribution in [2.24, 2.45) is 10.7 Å². The number of rotatable bonds is 1. The molecule has 0 atom stereocenters. The van der Waals surface area contributed by atoms with Gasteiger partial charge in [0.1, 0.15) is 6.73 Å². The van der Waals surface area contributed by atoms with Gasteiger partial charge in [-0.2, -0.15) is 4.62 Å². The van der Waals surface area contributed by atoms with Crippen LogP contribution in [0.4, 0.5) is 4.79 Å². The van der Waals surface area contributed by atoms with Gasteiger partial charge in [-0.25, -0.2) is 14.4 Å².